The molecule has 0 radical (unpaired) electrons. The Balaban J connectivity index is 1.55. The molecule has 0 N–H and O–H groups in total. The van der Waals surface area contributed by atoms with Gasteiger partial charge in [-0.2, -0.15) is 4.31 Å². The quantitative estimate of drug-likeness (QED) is 0.388. The minimum absolute atomic E-state index is 0.0419. The van der Waals surface area contributed by atoms with Crippen LogP contribution in [0, 0.1) is 18.6 Å². The highest BCUT2D eigenvalue weighted by molar-refractivity contribution is 7.89. The number of hydrogen-bond donors (Lipinski definition) is 0. The van der Waals surface area contributed by atoms with E-state index in [0.29, 0.717) is 24.1 Å². The molecule has 2 aromatic carbocycles. The minimum atomic E-state index is -3.78. The molecule has 0 saturated carbocycles. The number of nitrogens with zero attached hydrogens (tertiary/aromatic N) is 2. The number of hydrogen-bond acceptors (Lipinski definition) is 5. The number of ketones is 1. The second-order valence-electron chi connectivity index (χ2n) is 9.24. The Morgan fingerprint density at radius 1 is 1.14 bits per heavy atom. The topological polar surface area (TPSA) is 80.5 Å². The number of aromatic nitrogens is 1. The third-order valence-corrected chi connectivity index (χ3v) is 8.98. The molecule has 3 aromatic rings. The molecule has 9 heteroatoms. The number of carbonyl (C=O) groups is 1. The molecule has 1 aliphatic rings. The average Bonchev–Trinajstić information content (AvgIpc) is 3.25. The molecule has 1 saturated heterocycles. The molecule has 4 rings (SSSR count). The van der Waals surface area contributed by atoms with E-state index < -0.39 is 32.8 Å². The summed E-state index contributed by atoms with van der Waals surface area (Å²) in [5, 5.41) is 2.95. The van der Waals surface area contributed by atoms with Gasteiger partial charge in [0.15, 0.2) is 0 Å². The molecule has 1 aromatic heterocycles. The Bertz CT molecular complexity index is 1320. The van der Waals surface area contributed by atoms with Crippen molar-refractivity contribution in [1.29, 1.82) is 0 Å². The summed E-state index contributed by atoms with van der Waals surface area (Å²) in [6.07, 6.45) is 0.998. The molecule has 6 nitrogen and oxygen atoms in total. The lowest BCUT2D eigenvalue weighted by Gasteiger charge is -2.37. The highest BCUT2D eigenvalue weighted by Crippen LogP contribution is 2.38. The van der Waals surface area contributed by atoms with Gasteiger partial charge in [0.05, 0.1) is 5.69 Å². The summed E-state index contributed by atoms with van der Waals surface area (Å²) in [4.78, 5) is 12.4. The Morgan fingerprint density at radius 2 is 1.86 bits per heavy atom. The molecule has 35 heavy (non-hydrogen) atoms. The molecule has 0 spiro atoms. The molecule has 1 unspecified atom stereocenters. The summed E-state index contributed by atoms with van der Waals surface area (Å²) in [6, 6.07) is 12.2. The van der Waals surface area contributed by atoms with Crippen molar-refractivity contribution >= 4 is 15.8 Å². The van der Waals surface area contributed by atoms with Gasteiger partial charge in [0.1, 0.15) is 16.9 Å². The molecular formula is C26H28F2N2O4S. The smallest absolute Gasteiger partial charge is 0.221 e. The van der Waals surface area contributed by atoms with Crippen LogP contribution in [0.3, 0.4) is 0 Å². The van der Waals surface area contributed by atoms with Crippen molar-refractivity contribution in [2.75, 3.05) is 0 Å². The Kier molecular flexibility index (Phi) is 7.19. The van der Waals surface area contributed by atoms with Gasteiger partial charge in [0.2, 0.25) is 21.6 Å². The van der Waals surface area contributed by atoms with Crippen LogP contribution in [-0.2, 0) is 16.6 Å². The zero-order valence-electron chi connectivity index (χ0n) is 19.9. The first-order valence-electron chi connectivity index (χ1n) is 11.6. The van der Waals surface area contributed by atoms with Crippen LogP contribution in [0.1, 0.15) is 77.2 Å². The van der Waals surface area contributed by atoms with Crippen LogP contribution in [0.2, 0.25) is 0 Å². The lowest BCUT2D eigenvalue weighted by molar-refractivity contribution is 0.0939. The van der Waals surface area contributed by atoms with Gasteiger partial charge in [-0.15, -0.1) is 0 Å². The summed E-state index contributed by atoms with van der Waals surface area (Å²) in [6.45, 7) is 4.82. The number of sulfonamides is 1. The number of Topliss-reactive ketones (excluding diaryl/α,β-unsaturated/α-hetero) is 1. The van der Waals surface area contributed by atoms with Crippen LogP contribution in [0.4, 0.5) is 8.78 Å². The second kappa shape index (κ2) is 9.99. The molecule has 3 atom stereocenters. The van der Waals surface area contributed by atoms with E-state index in [1.54, 1.807) is 45.0 Å². The van der Waals surface area contributed by atoms with Crippen LogP contribution in [-0.4, -0.2) is 29.7 Å². The standard InChI is InChI=1S/C26H28F2N2O4S/c1-16(11-24(31)25-12-17(2)29-34-25)21-14-22(27)20(13-23(21)28)15-30-18(3)9-10-26(35(30,32)33)19-7-5-4-6-8-19/h4-8,12-14,16,18,26H,9-11,15H2,1-3H3/t16?,18-,26+/m1/s1. The van der Waals surface area contributed by atoms with Crippen LogP contribution in [0.15, 0.2) is 53.1 Å². The predicted octanol–water partition coefficient (Wildman–Crippen LogP) is 5.69. The van der Waals surface area contributed by atoms with Crippen molar-refractivity contribution in [3.05, 3.63) is 88.3 Å². The molecule has 0 bridgehead atoms. The van der Waals surface area contributed by atoms with Crippen LogP contribution >= 0.6 is 0 Å². The Morgan fingerprint density at radius 3 is 2.51 bits per heavy atom. The monoisotopic (exact) mass is 502 g/mol. The van der Waals surface area contributed by atoms with E-state index in [2.05, 4.69) is 5.16 Å². The summed E-state index contributed by atoms with van der Waals surface area (Å²) in [7, 11) is -3.78. The van der Waals surface area contributed by atoms with Gasteiger partial charge in [0, 0.05) is 30.6 Å². The van der Waals surface area contributed by atoms with Crippen molar-refractivity contribution in [2.45, 2.75) is 63.8 Å². The van der Waals surface area contributed by atoms with Gasteiger partial charge < -0.3 is 4.52 Å². The van der Waals surface area contributed by atoms with Crippen molar-refractivity contribution in [3.63, 3.8) is 0 Å². The van der Waals surface area contributed by atoms with Gasteiger partial charge >= 0.3 is 0 Å². The molecule has 0 amide bonds. The van der Waals surface area contributed by atoms with Crippen molar-refractivity contribution in [2.24, 2.45) is 0 Å². The maximum absolute atomic E-state index is 15.1. The van der Waals surface area contributed by atoms with Crippen molar-refractivity contribution in [1.82, 2.24) is 9.46 Å². The van der Waals surface area contributed by atoms with Crippen LogP contribution in [0.5, 0.6) is 0 Å². The first kappa shape index (κ1) is 25.2. The van der Waals surface area contributed by atoms with Gasteiger partial charge in [-0.05, 0) is 55.9 Å². The summed E-state index contributed by atoms with van der Waals surface area (Å²) in [5.41, 5.74) is 1.25. The lowest BCUT2D eigenvalue weighted by atomic mass is 9.93. The Hall–Kier alpha value is -2.91. The first-order valence-corrected chi connectivity index (χ1v) is 13.1. The van der Waals surface area contributed by atoms with E-state index in [1.165, 1.54) is 10.4 Å². The number of benzene rings is 2. The van der Waals surface area contributed by atoms with Gasteiger partial charge in [0.25, 0.3) is 0 Å². The lowest BCUT2D eigenvalue weighted by Crippen LogP contribution is -2.44. The summed E-state index contributed by atoms with van der Waals surface area (Å²) < 4.78 is 63.2. The minimum Gasteiger partial charge on any atom is -0.353 e. The highest BCUT2D eigenvalue weighted by atomic mass is 32.2. The van der Waals surface area contributed by atoms with Crippen molar-refractivity contribution in [3.8, 4) is 0 Å². The number of carbonyl (C=O) groups excluding carboxylic acids is 1. The molecule has 0 aliphatic carbocycles. The Labute approximate surface area is 204 Å². The largest absolute Gasteiger partial charge is 0.353 e. The van der Waals surface area contributed by atoms with Gasteiger partial charge in [-0.1, -0.05) is 42.4 Å². The fraction of sp³-hybridized carbons (Fsp3) is 0.385. The maximum atomic E-state index is 15.1. The number of rotatable bonds is 7. The third kappa shape index (κ3) is 5.21. The van der Waals surface area contributed by atoms with E-state index in [4.69, 9.17) is 4.52 Å². The SMILES string of the molecule is Cc1cc(C(=O)CC(C)c2cc(F)c(CN3[C@H](C)CC[C@@H](c4ccccc4)S3(=O)=O)cc2F)on1. The highest BCUT2D eigenvalue weighted by Gasteiger charge is 2.40. The summed E-state index contributed by atoms with van der Waals surface area (Å²) in [5.74, 6) is -2.29. The third-order valence-electron chi connectivity index (χ3n) is 6.61. The first-order chi connectivity index (χ1) is 16.6. The number of aryl methyl sites for hydroxylation is 1. The zero-order chi connectivity index (χ0) is 25.3. The number of halogens is 2. The van der Waals surface area contributed by atoms with E-state index in [9.17, 15) is 13.2 Å². The summed E-state index contributed by atoms with van der Waals surface area (Å²) >= 11 is 0. The molecular weight excluding hydrogens is 474 g/mol. The predicted molar refractivity (Wildman–Crippen MR) is 127 cm³/mol. The van der Waals surface area contributed by atoms with Crippen LogP contribution < -0.4 is 0 Å². The normalized spacial score (nSPS) is 21.1. The fourth-order valence-corrected chi connectivity index (χ4v) is 6.79. The average molecular weight is 503 g/mol. The van der Waals surface area contributed by atoms with Crippen LogP contribution in [0.25, 0.3) is 0 Å². The molecule has 2 heterocycles. The molecule has 186 valence electrons. The molecule has 1 fully saturated rings. The molecule has 1 aliphatic heterocycles. The van der Waals surface area contributed by atoms with E-state index >= 15 is 8.78 Å². The van der Waals surface area contributed by atoms with E-state index in [0.717, 1.165) is 12.1 Å². The maximum Gasteiger partial charge on any atom is 0.221 e. The fourth-order valence-electron chi connectivity index (χ4n) is 4.61. The zero-order valence-corrected chi connectivity index (χ0v) is 20.7. The van der Waals surface area contributed by atoms with E-state index in [1.807, 2.05) is 6.07 Å². The second-order valence-corrected chi connectivity index (χ2v) is 11.3. The van der Waals surface area contributed by atoms with Gasteiger partial charge in [-0.25, -0.2) is 17.2 Å². The van der Waals surface area contributed by atoms with Gasteiger partial charge in [-0.3, -0.25) is 4.79 Å². The van der Waals surface area contributed by atoms with Crippen molar-refractivity contribution < 1.29 is 26.5 Å². The van der Waals surface area contributed by atoms with E-state index in [-0.39, 0.29) is 41.7 Å².